The number of carbonyl (C=O) groups excluding carboxylic acids is 1. The van der Waals surface area contributed by atoms with Crippen LogP contribution in [0.2, 0.25) is 0 Å². The van der Waals surface area contributed by atoms with Gasteiger partial charge in [0, 0.05) is 18.3 Å². The van der Waals surface area contributed by atoms with Crippen LogP contribution >= 0.6 is 11.8 Å². The average Bonchev–Trinajstić information content (AvgIpc) is 3.21. The van der Waals surface area contributed by atoms with Gasteiger partial charge in [0.1, 0.15) is 0 Å². The van der Waals surface area contributed by atoms with Gasteiger partial charge in [0.05, 0.1) is 6.54 Å². The number of amides is 1. The first kappa shape index (κ1) is 13.7. The van der Waals surface area contributed by atoms with E-state index >= 15 is 0 Å². The maximum absolute atomic E-state index is 11.5. The first-order valence-electron chi connectivity index (χ1n) is 6.88. The van der Waals surface area contributed by atoms with Crippen molar-refractivity contribution in [2.45, 2.75) is 45.6 Å². The highest BCUT2D eigenvalue weighted by Crippen LogP contribution is 2.34. The molecule has 1 saturated carbocycles. The molecule has 18 heavy (non-hydrogen) atoms. The standard InChI is InChI=1S/C13H23N3OS/c1-3-13(4-2)8-15-12(18-9-13)14-7-11(17)16-10-5-6-10/h10H,3-9H2,1-2H3,(H,14,15)(H,16,17). The topological polar surface area (TPSA) is 53.5 Å². The van der Waals surface area contributed by atoms with E-state index in [0.717, 1.165) is 30.3 Å². The van der Waals surface area contributed by atoms with E-state index in [1.807, 2.05) is 0 Å². The normalized spacial score (nSPS) is 22.2. The molecule has 2 N–H and O–H groups in total. The molecule has 1 fully saturated rings. The third-order valence-corrected chi connectivity index (χ3v) is 5.22. The van der Waals surface area contributed by atoms with Gasteiger partial charge in [-0.25, -0.2) is 0 Å². The van der Waals surface area contributed by atoms with Crippen molar-refractivity contribution in [2.24, 2.45) is 10.4 Å². The lowest BCUT2D eigenvalue weighted by Crippen LogP contribution is -2.40. The Bertz CT molecular complexity index is 335. The van der Waals surface area contributed by atoms with Crippen molar-refractivity contribution in [1.82, 2.24) is 10.6 Å². The van der Waals surface area contributed by atoms with E-state index in [9.17, 15) is 4.79 Å². The van der Waals surface area contributed by atoms with Gasteiger partial charge in [-0.3, -0.25) is 9.79 Å². The Morgan fingerprint density at radius 3 is 2.67 bits per heavy atom. The lowest BCUT2D eigenvalue weighted by atomic mass is 9.84. The predicted octanol–water partition coefficient (Wildman–Crippen LogP) is 1.76. The molecule has 1 aliphatic heterocycles. The van der Waals surface area contributed by atoms with Gasteiger partial charge < -0.3 is 10.6 Å². The molecule has 0 spiro atoms. The third kappa shape index (κ3) is 3.64. The van der Waals surface area contributed by atoms with E-state index in [1.54, 1.807) is 11.8 Å². The number of amidine groups is 1. The fourth-order valence-corrected chi connectivity index (χ4v) is 3.27. The summed E-state index contributed by atoms with van der Waals surface area (Å²) in [4.78, 5) is 16.1. The van der Waals surface area contributed by atoms with Gasteiger partial charge in [-0.2, -0.15) is 0 Å². The zero-order valence-corrected chi connectivity index (χ0v) is 12.1. The second-order valence-electron chi connectivity index (χ2n) is 5.31. The van der Waals surface area contributed by atoms with Gasteiger partial charge in [-0.05, 0) is 31.1 Å². The molecule has 2 rings (SSSR count). The average molecular weight is 269 g/mol. The fraction of sp³-hybridized carbons (Fsp3) is 0.846. The number of thioether (sulfide) groups is 1. The summed E-state index contributed by atoms with van der Waals surface area (Å²) >= 11 is 1.75. The first-order chi connectivity index (χ1) is 8.67. The number of aliphatic imine (C=N–C) groups is 1. The van der Waals surface area contributed by atoms with E-state index in [-0.39, 0.29) is 5.91 Å². The van der Waals surface area contributed by atoms with E-state index < -0.39 is 0 Å². The summed E-state index contributed by atoms with van der Waals surface area (Å²) in [6, 6.07) is 0.438. The molecule has 0 aromatic carbocycles. The van der Waals surface area contributed by atoms with Crippen LogP contribution in [0, 0.1) is 5.41 Å². The molecule has 0 unspecified atom stereocenters. The van der Waals surface area contributed by atoms with Crippen LogP contribution < -0.4 is 10.6 Å². The Morgan fingerprint density at radius 2 is 2.17 bits per heavy atom. The van der Waals surface area contributed by atoms with Crippen molar-refractivity contribution in [3.05, 3.63) is 0 Å². The maximum Gasteiger partial charge on any atom is 0.239 e. The van der Waals surface area contributed by atoms with Crippen LogP contribution in [0.3, 0.4) is 0 Å². The third-order valence-electron chi connectivity index (χ3n) is 3.92. The van der Waals surface area contributed by atoms with Gasteiger partial charge >= 0.3 is 0 Å². The van der Waals surface area contributed by atoms with Gasteiger partial charge in [0.15, 0.2) is 5.17 Å². The number of hydrogen-bond acceptors (Lipinski definition) is 4. The van der Waals surface area contributed by atoms with Crippen molar-refractivity contribution in [2.75, 3.05) is 18.8 Å². The van der Waals surface area contributed by atoms with Crippen LogP contribution in [0.1, 0.15) is 39.5 Å². The van der Waals surface area contributed by atoms with E-state index in [4.69, 9.17) is 0 Å². The molecule has 1 heterocycles. The van der Waals surface area contributed by atoms with Crippen molar-refractivity contribution in [3.8, 4) is 0 Å². The molecule has 1 aliphatic carbocycles. The highest BCUT2D eigenvalue weighted by atomic mass is 32.2. The van der Waals surface area contributed by atoms with Crippen molar-refractivity contribution >= 4 is 22.8 Å². The highest BCUT2D eigenvalue weighted by molar-refractivity contribution is 8.13. The molecule has 0 saturated heterocycles. The van der Waals surface area contributed by atoms with E-state index in [0.29, 0.717) is 18.0 Å². The monoisotopic (exact) mass is 269 g/mol. The van der Waals surface area contributed by atoms with Crippen molar-refractivity contribution in [1.29, 1.82) is 0 Å². The summed E-state index contributed by atoms with van der Waals surface area (Å²) in [5.41, 5.74) is 0.367. The molecular formula is C13H23N3OS. The lowest BCUT2D eigenvalue weighted by molar-refractivity contribution is -0.120. The Hall–Kier alpha value is -0.710. The summed E-state index contributed by atoms with van der Waals surface area (Å²) in [6.45, 7) is 5.72. The summed E-state index contributed by atoms with van der Waals surface area (Å²) in [7, 11) is 0. The Kier molecular flexibility index (Phi) is 4.54. The molecule has 0 atom stereocenters. The molecule has 1 amide bonds. The number of carbonyl (C=O) groups is 1. The lowest BCUT2D eigenvalue weighted by Gasteiger charge is -2.33. The molecule has 0 aromatic heterocycles. The first-order valence-corrected chi connectivity index (χ1v) is 7.86. The Labute approximate surface area is 113 Å². The van der Waals surface area contributed by atoms with Crippen LogP contribution in [0.5, 0.6) is 0 Å². The van der Waals surface area contributed by atoms with Crippen LogP contribution in [0.25, 0.3) is 0 Å². The molecule has 5 heteroatoms. The molecule has 0 aromatic rings. The van der Waals surface area contributed by atoms with Crippen molar-refractivity contribution < 1.29 is 4.79 Å². The second-order valence-corrected chi connectivity index (χ2v) is 6.28. The van der Waals surface area contributed by atoms with Gasteiger partial charge in [0.2, 0.25) is 5.91 Å². The molecule has 4 nitrogen and oxygen atoms in total. The van der Waals surface area contributed by atoms with Crippen LogP contribution in [-0.4, -0.2) is 36.0 Å². The Balaban J connectivity index is 1.73. The number of hydrogen-bond donors (Lipinski definition) is 2. The predicted molar refractivity (Wildman–Crippen MR) is 76.9 cm³/mol. The smallest absolute Gasteiger partial charge is 0.239 e. The van der Waals surface area contributed by atoms with Crippen LogP contribution in [0.4, 0.5) is 0 Å². The zero-order valence-electron chi connectivity index (χ0n) is 11.3. The summed E-state index contributed by atoms with van der Waals surface area (Å²) < 4.78 is 0. The molecule has 2 aliphatic rings. The molecule has 0 radical (unpaired) electrons. The highest BCUT2D eigenvalue weighted by Gasteiger charge is 2.30. The minimum absolute atomic E-state index is 0.0867. The number of rotatable bonds is 5. The van der Waals surface area contributed by atoms with E-state index in [2.05, 4.69) is 29.5 Å². The summed E-state index contributed by atoms with van der Waals surface area (Å²) in [5.74, 6) is 1.19. The summed E-state index contributed by atoms with van der Waals surface area (Å²) in [5, 5.41) is 7.04. The van der Waals surface area contributed by atoms with Crippen LogP contribution in [-0.2, 0) is 4.79 Å². The quantitative estimate of drug-likeness (QED) is 0.799. The SMILES string of the molecule is CCC1(CC)CN=C(NCC(=O)NC2CC2)SC1. The minimum Gasteiger partial charge on any atom is -0.356 e. The summed E-state index contributed by atoms with van der Waals surface area (Å²) in [6.07, 6.45) is 4.62. The molecule has 0 bridgehead atoms. The number of nitrogens with zero attached hydrogens (tertiary/aromatic N) is 1. The minimum atomic E-state index is 0.0867. The van der Waals surface area contributed by atoms with E-state index in [1.165, 1.54) is 12.8 Å². The second kappa shape index (κ2) is 5.95. The van der Waals surface area contributed by atoms with Gasteiger partial charge in [-0.15, -0.1) is 0 Å². The maximum atomic E-state index is 11.5. The van der Waals surface area contributed by atoms with Crippen molar-refractivity contribution in [3.63, 3.8) is 0 Å². The van der Waals surface area contributed by atoms with Gasteiger partial charge in [-0.1, -0.05) is 25.6 Å². The molecule has 102 valence electrons. The van der Waals surface area contributed by atoms with Crippen LogP contribution in [0.15, 0.2) is 4.99 Å². The van der Waals surface area contributed by atoms with Gasteiger partial charge in [0.25, 0.3) is 0 Å². The molecular weight excluding hydrogens is 246 g/mol. The largest absolute Gasteiger partial charge is 0.356 e. The fourth-order valence-electron chi connectivity index (χ4n) is 2.00. The number of nitrogens with one attached hydrogen (secondary N) is 2. The Morgan fingerprint density at radius 1 is 1.44 bits per heavy atom. The zero-order chi connectivity index (χ0) is 13.0.